The van der Waals surface area contributed by atoms with Crippen molar-refractivity contribution >= 4 is 29.1 Å². The van der Waals surface area contributed by atoms with Gasteiger partial charge < -0.3 is 15.3 Å². The molecular weight excluding hydrogens is 435 g/mol. The summed E-state index contributed by atoms with van der Waals surface area (Å²) in [5, 5.41) is 12.3. The van der Waals surface area contributed by atoms with E-state index in [0.29, 0.717) is 19.5 Å². The SMILES string of the molecule is O=C(O)C(F)(F)F.O=C1CC(c2ccncc2)C2(CCN(C(=O)c3cccs3)CC2)N1. The van der Waals surface area contributed by atoms with Crippen LogP contribution in [0.5, 0.6) is 0 Å². The average Bonchev–Trinajstić information content (AvgIpc) is 3.37. The molecule has 0 aliphatic carbocycles. The maximum Gasteiger partial charge on any atom is 0.490 e. The maximum atomic E-state index is 12.5. The molecule has 166 valence electrons. The highest BCUT2D eigenvalue weighted by atomic mass is 32.1. The predicted octanol–water partition coefficient (Wildman–Crippen LogP) is 3.05. The molecule has 2 fully saturated rings. The molecule has 2 aromatic rings. The fourth-order valence-corrected chi connectivity index (χ4v) is 4.66. The molecule has 1 unspecified atom stereocenters. The largest absolute Gasteiger partial charge is 0.490 e. The lowest BCUT2D eigenvalue weighted by atomic mass is 9.74. The molecular formula is C20H20F3N3O4S. The minimum absolute atomic E-state index is 0.102. The van der Waals surface area contributed by atoms with Crippen molar-refractivity contribution in [3.05, 3.63) is 52.5 Å². The third kappa shape index (κ3) is 5.22. The fraction of sp³-hybridized carbons (Fsp3) is 0.400. The van der Waals surface area contributed by atoms with Crippen LogP contribution in [0.25, 0.3) is 0 Å². The van der Waals surface area contributed by atoms with E-state index in [2.05, 4.69) is 10.3 Å². The van der Waals surface area contributed by atoms with Crippen molar-refractivity contribution in [1.29, 1.82) is 0 Å². The minimum Gasteiger partial charge on any atom is -0.475 e. The van der Waals surface area contributed by atoms with Gasteiger partial charge in [-0.3, -0.25) is 14.6 Å². The Morgan fingerprint density at radius 1 is 1.19 bits per heavy atom. The van der Waals surface area contributed by atoms with Gasteiger partial charge in [0.15, 0.2) is 0 Å². The summed E-state index contributed by atoms with van der Waals surface area (Å²) in [7, 11) is 0. The number of piperidine rings is 1. The second-order valence-corrected chi connectivity index (χ2v) is 8.26. The number of carbonyl (C=O) groups excluding carboxylic acids is 2. The standard InChI is InChI=1S/C18H19N3O2S.C2HF3O2/c22-16-12-14(13-3-7-19-8-4-13)18(20-16)5-9-21(10-6-18)17(23)15-2-1-11-24-15;3-2(4,5)1(6)7/h1-4,7-8,11,14H,5-6,9-10,12H2,(H,20,22);(H,6,7). The zero-order chi connectivity index (χ0) is 22.6. The number of carboxylic acid groups (broad SMARTS) is 1. The topological polar surface area (TPSA) is 99.6 Å². The first kappa shape index (κ1) is 22.7. The van der Waals surface area contributed by atoms with Crippen molar-refractivity contribution < 1.29 is 32.7 Å². The smallest absolute Gasteiger partial charge is 0.475 e. The van der Waals surface area contributed by atoms with Crippen LogP contribution in [0.4, 0.5) is 13.2 Å². The molecule has 11 heteroatoms. The number of alkyl halides is 3. The monoisotopic (exact) mass is 455 g/mol. The predicted molar refractivity (Wildman–Crippen MR) is 106 cm³/mol. The highest BCUT2D eigenvalue weighted by Crippen LogP contribution is 2.43. The molecule has 31 heavy (non-hydrogen) atoms. The van der Waals surface area contributed by atoms with E-state index in [9.17, 15) is 22.8 Å². The number of hydrogen-bond acceptors (Lipinski definition) is 5. The number of carbonyl (C=O) groups is 3. The summed E-state index contributed by atoms with van der Waals surface area (Å²) in [6.07, 6.45) is 0.580. The first-order chi connectivity index (χ1) is 14.6. The van der Waals surface area contributed by atoms with Gasteiger partial charge in [-0.2, -0.15) is 13.2 Å². The zero-order valence-corrected chi connectivity index (χ0v) is 17.1. The molecule has 2 aromatic heterocycles. The molecule has 2 N–H and O–H groups in total. The van der Waals surface area contributed by atoms with Gasteiger partial charge >= 0.3 is 12.1 Å². The van der Waals surface area contributed by atoms with E-state index in [0.717, 1.165) is 23.3 Å². The number of halogens is 3. The van der Waals surface area contributed by atoms with Gasteiger partial charge in [0, 0.05) is 37.8 Å². The Kier molecular flexibility index (Phi) is 6.63. The Hall–Kier alpha value is -2.95. The van der Waals surface area contributed by atoms with Crippen molar-refractivity contribution in [3.63, 3.8) is 0 Å². The number of amides is 2. The molecule has 1 spiro atoms. The molecule has 0 bridgehead atoms. The molecule has 4 heterocycles. The van der Waals surface area contributed by atoms with Crippen LogP contribution in [0.15, 0.2) is 42.0 Å². The minimum atomic E-state index is -5.08. The molecule has 2 aliphatic heterocycles. The number of likely N-dealkylation sites (tertiary alicyclic amines) is 1. The molecule has 0 radical (unpaired) electrons. The van der Waals surface area contributed by atoms with Crippen LogP contribution in [0, 0.1) is 0 Å². The summed E-state index contributed by atoms with van der Waals surface area (Å²) >= 11 is 1.48. The fourth-order valence-electron chi connectivity index (χ4n) is 3.97. The number of nitrogens with one attached hydrogen (secondary N) is 1. The Morgan fingerprint density at radius 3 is 2.32 bits per heavy atom. The highest BCUT2D eigenvalue weighted by Gasteiger charge is 2.49. The van der Waals surface area contributed by atoms with Crippen LogP contribution in [0.3, 0.4) is 0 Å². The first-order valence-electron chi connectivity index (χ1n) is 9.46. The third-order valence-electron chi connectivity index (χ3n) is 5.47. The number of rotatable bonds is 2. The van der Waals surface area contributed by atoms with Gasteiger partial charge in [0.1, 0.15) is 0 Å². The zero-order valence-electron chi connectivity index (χ0n) is 16.3. The Morgan fingerprint density at radius 2 is 1.81 bits per heavy atom. The van der Waals surface area contributed by atoms with Crippen LogP contribution < -0.4 is 5.32 Å². The number of pyridine rings is 1. The summed E-state index contributed by atoms with van der Waals surface area (Å²) in [6.45, 7) is 1.36. The van der Waals surface area contributed by atoms with Gasteiger partial charge in [0.25, 0.3) is 5.91 Å². The van der Waals surface area contributed by atoms with E-state index in [1.54, 1.807) is 12.4 Å². The van der Waals surface area contributed by atoms with Gasteiger partial charge in [-0.05, 0) is 42.0 Å². The molecule has 2 saturated heterocycles. The van der Waals surface area contributed by atoms with Crippen molar-refractivity contribution in [3.8, 4) is 0 Å². The summed E-state index contributed by atoms with van der Waals surface area (Å²) < 4.78 is 31.7. The van der Waals surface area contributed by atoms with Gasteiger partial charge in [-0.25, -0.2) is 4.79 Å². The number of nitrogens with zero attached hydrogens (tertiary/aromatic N) is 2. The molecule has 7 nitrogen and oxygen atoms in total. The highest BCUT2D eigenvalue weighted by molar-refractivity contribution is 7.12. The third-order valence-corrected chi connectivity index (χ3v) is 6.33. The van der Waals surface area contributed by atoms with E-state index in [4.69, 9.17) is 9.90 Å². The Labute approximate surface area is 179 Å². The van der Waals surface area contributed by atoms with E-state index in [1.807, 2.05) is 34.5 Å². The Bertz CT molecular complexity index is 927. The van der Waals surface area contributed by atoms with Crippen molar-refractivity contribution in [2.45, 2.75) is 36.9 Å². The molecule has 0 aromatic carbocycles. The van der Waals surface area contributed by atoms with Crippen LogP contribution in [0.2, 0.25) is 0 Å². The van der Waals surface area contributed by atoms with Crippen LogP contribution in [-0.2, 0) is 9.59 Å². The number of hydrogen-bond donors (Lipinski definition) is 2. The second kappa shape index (κ2) is 9.04. The Balaban J connectivity index is 0.000000339. The lowest BCUT2D eigenvalue weighted by molar-refractivity contribution is -0.192. The normalized spacial score (nSPS) is 20.0. The second-order valence-electron chi connectivity index (χ2n) is 7.31. The lowest BCUT2D eigenvalue weighted by Gasteiger charge is -2.42. The molecule has 1 atom stereocenters. The average molecular weight is 455 g/mol. The quantitative estimate of drug-likeness (QED) is 0.725. The molecule has 2 aliphatic rings. The van der Waals surface area contributed by atoms with E-state index in [1.165, 1.54) is 11.3 Å². The molecule has 2 amide bonds. The first-order valence-corrected chi connectivity index (χ1v) is 10.3. The molecule has 4 rings (SSSR count). The maximum absolute atomic E-state index is 12.5. The van der Waals surface area contributed by atoms with Gasteiger partial charge in [-0.1, -0.05) is 6.07 Å². The molecule has 0 saturated carbocycles. The van der Waals surface area contributed by atoms with E-state index < -0.39 is 12.1 Å². The van der Waals surface area contributed by atoms with Crippen molar-refractivity contribution in [2.75, 3.05) is 13.1 Å². The summed E-state index contributed by atoms with van der Waals surface area (Å²) in [4.78, 5) is 40.3. The van der Waals surface area contributed by atoms with Crippen LogP contribution >= 0.6 is 11.3 Å². The number of thiophene rings is 1. The van der Waals surface area contributed by atoms with Crippen LogP contribution in [0.1, 0.15) is 40.4 Å². The van der Waals surface area contributed by atoms with E-state index in [-0.39, 0.29) is 23.3 Å². The number of carboxylic acids is 1. The summed E-state index contributed by atoms with van der Waals surface area (Å²) in [5.41, 5.74) is 0.923. The lowest BCUT2D eigenvalue weighted by Crippen LogP contribution is -2.54. The number of aliphatic carboxylic acids is 1. The van der Waals surface area contributed by atoms with Gasteiger partial charge in [0.2, 0.25) is 5.91 Å². The van der Waals surface area contributed by atoms with E-state index >= 15 is 0 Å². The van der Waals surface area contributed by atoms with Gasteiger partial charge in [0.05, 0.1) is 10.4 Å². The number of aromatic nitrogens is 1. The van der Waals surface area contributed by atoms with Crippen molar-refractivity contribution in [2.24, 2.45) is 0 Å². The summed E-state index contributed by atoms with van der Waals surface area (Å²) in [6, 6.07) is 7.76. The van der Waals surface area contributed by atoms with Gasteiger partial charge in [-0.15, -0.1) is 11.3 Å². The van der Waals surface area contributed by atoms with Crippen LogP contribution in [-0.4, -0.2) is 57.6 Å². The summed E-state index contributed by atoms with van der Waals surface area (Å²) in [5.74, 6) is -2.39. The van der Waals surface area contributed by atoms with Crippen molar-refractivity contribution in [1.82, 2.24) is 15.2 Å².